The second-order valence-electron chi connectivity index (χ2n) is 8.08. The van der Waals surface area contributed by atoms with Gasteiger partial charge in [0.2, 0.25) is 5.91 Å². The summed E-state index contributed by atoms with van der Waals surface area (Å²) in [5, 5.41) is 27.3. The molecule has 0 radical (unpaired) electrons. The summed E-state index contributed by atoms with van der Waals surface area (Å²) in [5.41, 5.74) is 4.24. The number of aryl methyl sites for hydroxylation is 1. The molecule has 1 unspecified atom stereocenters. The average molecular weight is 489 g/mol. The minimum Gasteiger partial charge on any atom is -0.380 e. The fourth-order valence-corrected chi connectivity index (χ4v) is 4.54. The first kappa shape index (κ1) is 24.4. The van der Waals surface area contributed by atoms with Crippen LogP contribution in [-0.4, -0.2) is 41.3 Å². The molecule has 1 atom stereocenters. The molecule has 4 rings (SSSR count). The lowest BCUT2D eigenvalue weighted by molar-refractivity contribution is -0.113. The lowest BCUT2D eigenvalue weighted by Crippen LogP contribution is -2.16. The fraction of sp³-hybridized carbons (Fsp3) is 0.231. The first-order valence-electron chi connectivity index (χ1n) is 11.3. The molecule has 2 heterocycles. The van der Waals surface area contributed by atoms with Crippen molar-refractivity contribution in [2.75, 3.05) is 11.1 Å². The molecule has 0 bridgehead atoms. The molecule has 180 valence electrons. The van der Waals surface area contributed by atoms with Gasteiger partial charge in [-0.15, -0.1) is 16.8 Å². The minimum absolute atomic E-state index is 0.138. The standard InChI is InChI=1S/C26H28N6O2S/c1-4-15-31-25(24(34)21-13-9-6-10-14-21)28-29-26(31)35-17-22(33)27-23-18(2)30-32(19(23)3)16-20-11-7-5-8-12-20/h4-14,24,34H,1,15-17H2,2-3H3,(H,27,33). The SMILES string of the molecule is C=CCn1c(SCC(=O)Nc2c(C)nn(Cc3ccccc3)c2C)nnc1C(O)c1ccccc1. The number of amides is 1. The Hall–Kier alpha value is -3.69. The van der Waals surface area contributed by atoms with Crippen LogP contribution in [0.15, 0.2) is 78.5 Å². The van der Waals surface area contributed by atoms with Crippen LogP contribution in [-0.2, 0) is 17.9 Å². The summed E-state index contributed by atoms with van der Waals surface area (Å²) in [6.07, 6.45) is 0.787. The number of aliphatic hydroxyl groups is 1. The quantitative estimate of drug-likeness (QED) is 0.257. The highest BCUT2D eigenvalue weighted by Crippen LogP contribution is 2.26. The zero-order chi connectivity index (χ0) is 24.8. The van der Waals surface area contributed by atoms with Crippen LogP contribution in [0, 0.1) is 13.8 Å². The van der Waals surface area contributed by atoms with Crippen molar-refractivity contribution in [3.05, 3.63) is 102 Å². The summed E-state index contributed by atoms with van der Waals surface area (Å²) in [4.78, 5) is 12.8. The van der Waals surface area contributed by atoms with E-state index in [1.165, 1.54) is 11.8 Å². The minimum atomic E-state index is -0.924. The number of aliphatic hydroxyl groups excluding tert-OH is 1. The van der Waals surface area contributed by atoms with E-state index in [0.717, 1.165) is 28.2 Å². The maximum atomic E-state index is 12.8. The Balaban J connectivity index is 1.44. The number of thioether (sulfide) groups is 1. The van der Waals surface area contributed by atoms with Gasteiger partial charge >= 0.3 is 0 Å². The molecule has 9 heteroatoms. The topological polar surface area (TPSA) is 97.9 Å². The lowest BCUT2D eigenvalue weighted by Gasteiger charge is -2.13. The Morgan fingerprint density at radius 3 is 2.49 bits per heavy atom. The molecule has 0 saturated carbocycles. The highest BCUT2D eigenvalue weighted by atomic mass is 32.2. The molecule has 2 N–H and O–H groups in total. The van der Waals surface area contributed by atoms with Crippen LogP contribution < -0.4 is 5.32 Å². The Kier molecular flexibility index (Phi) is 7.79. The first-order chi connectivity index (χ1) is 17.0. The van der Waals surface area contributed by atoms with E-state index in [0.29, 0.717) is 24.1 Å². The van der Waals surface area contributed by atoms with Gasteiger partial charge in [0.05, 0.1) is 29.4 Å². The van der Waals surface area contributed by atoms with Crippen LogP contribution in [0.3, 0.4) is 0 Å². The molecule has 35 heavy (non-hydrogen) atoms. The van der Waals surface area contributed by atoms with Crippen molar-refractivity contribution in [2.45, 2.75) is 38.2 Å². The predicted octanol–water partition coefficient (Wildman–Crippen LogP) is 4.14. The summed E-state index contributed by atoms with van der Waals surface area (Å²) in [5.74, 6) is 0.381. The zero-order valence-corrected chi connectivity index (χ0v) is 20.6. The molecular formula is C26H28N6O2S. The van der Waals surface area contributed by atoms with Gasteiger partial charge in [-0.1, -0.05) is 78.5 Å². The monoisotopic (exact) mass is 488 g/mol. The van der Waals surface area contributed by atoms with Crippen molar-refractivity contribution in [1.82, 2.24) is 24.5 Å². The van der Waals surface area contributed by atoms with E-state index >= 15 is 0 Å². The molecule has 0 aliphatic carbocycles. The molecule has 0 aliphatic rings. The predicted molar refractivity (Wildman–Crippen MR) is 137 cm³/mol. The number of carbonyl (C=O) groups is 1. The number of hydrogen-bond acceptors (Lipinski definition) is 6. The number of allylic oxidation sites excluding steroid dienone is 1. The number of carbonyl (C=O) groups excluding carboxylic acids is 1. The molecule has 0 aliphatic heterocycles. The molecule has 2 aromatic carbocycles. The number of aromatic nitrogens is 5. The number of nitrogens with zero attached hydrogens (tertiary/aromatic N) is 5. The molecular weight excluding hydrogens is 460 g/mol. The van der Waals surface area contributed by atoms with Gasteiger partial charge in [0.25, 0.3) is 0 Å². The summed E-state index contributed by atoms with van der Waals surface area (Å²) < 4.78 is 3.67. The molecule has 2 aromatic heterocycles. The molecule has 0 fully saturated rings. The van der Waals surface area contributed by atoms with Crippen LogP contribution in [0.2, 0.25) is 0 Å². The maximum Gasteiger partial charge on any atom is 0.234 e. The van der Waals surface area contributed by atoms with Crippen molar-refractivity contribution < 1.29 is 9.90 Å². The average Bonchev–Trinajstić information content (AvgIpc) is 3.39. The van der Waals surface area contributed by atoms with E-state index in [1.54, 1.807) is 10.6 Å². The van der Waals surface area contributed by atoms with E-state index in [4.69, 9.17) is 0 Å². The lowest BCUT2D eigenvalue weighted by atomic mass is 10.1. The van der Waals surface area contributed by atoms with Gasteiger partial charge in [-0.05, 0) is 25.0 Å². The Bertz CT molecular complexity index is 1300. The molecule has 0 saturated heterocycles. The number of nitrogens with one attached hydrogen (secondary N) is 1. The first-order valence-corrected chi connectivity index (χ1v) is 12.2. The Morgan fingerprint density at radius 2 is 1.80 bits per heavy atom. The number of hydrogen-bond donors (Lipinski definition) is 2. The smallest absolute Gasteiger partial charge is 0.234 e. The van der Waals surface area contributed by atoms with Crippen molar-refractivity contribution in [2.24, 2.45) is 0 Å². The van der Waals surface area contributed by atoms with Crippen LogP contribution in [0.1, 0.15) is 34.4 Å². The highest BCUT2D eigenvalue weighted by molar-refractivity contribution is 7.99. The summed E-state index contributed by atoms with van der Waals surface area (Å²) in [6, 6.07) is 19.3. The second kappa shape index (κ2) is 11.2. The third-order valence-electron chi connectivity index (χ3n) is 5.57. The van der Waals surface area contributed by atoms with Gasteiger partial charge in [0.15, 0.2) is 11.0 Å². The van der Waals surface area contributed by atoms with Crippen LogP contribution in [0.5, 0.6) is 0 Å². The normalized spacial score (nSPS) is 11.9. The summed E-state index contributed by atoms with van der Waals surface area (Å²) in [7, 11) is 0. The van der Waals surface area contributed by atoms with E-state index in [9.17, 15) is 9.90 Å². The van der Waals surface area contributed by atoms with Gasteiger partial charge in [-0.25, -0.2) is 0 Å². The largest absolute Gasteiger partial charge is 0.380 e. The summed E-state index contributed by atoms with van der Waals surface area (Å²) in [6.45, 7) is 8.68. The number of benzene rings is 2. The molecule has 4 aromatic rings. The zero-order valence-electron chi connectivity index (χ0n) is 19.8. The maximum absolute atomic E-state index is 12.8. The summed E-state index contributed by atoms with van der Waals surface area (Å²) >= 11 is 1.26. The van der Waals surface area contributed by atoms with E-state index in [-0.39, 0.29) is 11.7 Å². The van der Waals surface area contributed by atoms with E-state index in [1.807, 2.05) is 79.2 Å². The van der Waals surface area contributed by atoms with Crippen LogP contribution in [0.4, 0.5) is 5.69 Å². The number of anilines is 1. The van der Waals surface area contributed by atoms with Crippen LogP contribution in [0.25, 0.3) is 0 Å². The van der Waals surface area contributed by atoms with E-state index in [2.05, 4.69) is 27.2 Å². The molecule has 0 spiro atoms. The third-order valence-corrected chi connectivity index (χ3v) is 6.54. The van der Waals surface area contributed by atoms with Crippen molar-refractivity contribution in [1.29, 1.82) is 0 Å². The Labute approximate surface area is 208 Å². The van der Waals surface area contributed by atoms with Crippen molar-refractivity contribution in [3.8, 4) is 0 Å². The van der Waals surface area contributed by atoms with Gasteiger partial charge in [0.1, 0.15) is 6.10 Å². The van der Waals surface area contributed by atoms with Gasteiger partial charge in [-0.2, -0.15) is 5.10 Å². The highest BCUT2D eigenvalue weighted by Gasteiger charge is 2.21. The number of rotatable bonds is 10. The van der Waals surface area contributed by atoms with Gasteiger partial charge in [-0.3, -0.25) is 14.0 Å². The molecule has 1 amide bonds. The fourth-order valence-electron chi connectivity index (χ4n) is 3.79. The van der Waals surface area contributed by atoms with Gasteiger partial charge in [0, 0.05) is 6.54 Å². The van der Waals surface area contributed by atoms with Crippen LogP contribution >= 0.6 is 11.8 Å². The van der Waals surface area contributed by atoms with E-state index < -0.39 is 6.10 Å². The second-order valence-corrected chi connectivity index (χ2v) is 9.02. The molecule has 8 nitrogen and oxygen atoms in total. The van der Waals surface area contributed by atoms with Crippen molar-refractivity contribution >= 4 is 23.4 Å². The van der Waals surface area contributed by atoms with Crippen molar-refractivity contribution in [3.63, 3.8) is 0 Å². The van der Waals surface area contributed by atoms with Gasteiger partial charge < -0.3 is 10.4 Å². The third kappa shape index (κ3) is 5.70. The Morgan fingerprint density at radius 1 is 1.11 bits per heavy atom.